The molecule has 2 aromatic rings. The van der Waals surface area contributed by atoms with E-state index in [0.29, 0.717) is 5.89 Å². The van der Waals surface area contributed by atoms with Gasteiger partial charge in [0.25, 0.3) is 0 Å². The number of hydrogen-bond donors (Lipinski definition) is 1. The van der Waals surface area contributed by atoms with Crippen LogP contribution in [0.3, 0.4) is 0 Å². The van der Waals surface area contributed by atoms with Crippen molar-refractivity contribution < 1.29 is 9.52 Å². The largest absolute Gasteiger partial charge is 0.446 e. The molecule has 3 heteroatoms. The van der Waals surface area contributed by atoms with Crippen LogP contribution in [-0.2, 0) is 6.61 Å². The van der Waals surface area contributed by atoms with E-state index in [-0.39, 0.29) is 6.61 Å². The normalized spacial score (nSPS) is 10.6. The van der Waals surface area contributed by atoms with Crippen LogP contribution in [0.1, 0.15) is 17.2 Å². The van der Waals surface area contributed by atoms with Crippen molar-refractivity contribution in [3.05, 3.63) is 41.5 Å². The van der Waals surface area contributed by atoms with Crippen molar-refractivity contribution in [1.82, 2.24) is 4.98 Å². The van der Waals surface area contributed by atoms with Crippen molar-refractivity contribution >= 4 is 0 Å². The van der Waals surface area contributed by atoms with Crippen LogP contribution >= 0.6 is 0 Å². The Hall–Kier alpha value is -1.61. The van der Waals surface area contributed by atoms with Crippen LogP contribution in [0, 0.1) is 13.8 Å². The molecule has 0 unspecified atom stereocenters. The molecular weight excluding hydrogens is 190 g/mol. The molecule has 1 N–H and O–H groups in total. The highest BCUT2D eigenvalue weighted by Gasteiger charge is 2.11. The van der Waals surface area contributed by atoms with E-state index in [1.807, 2.05) is 38.1 Å². The number of aromatic nitrogens is 1. The maximum Gasteiger partial charge on any atom is 0.191 e. The molecule has 0 spiro atoms. The van der Waals surface area contributed by atoms with Crippen molar-refractivity contribution in [1.29, 1.82) is 0 Å². The minimum absolute atomic E-state index is 0.0154. The summed E-state index contributed by atoms with van der Waals surface area (Å²) in [6, 6.07) is 7.66. The summed E-state index contributed by atoms with van der Waals surface area (Å²) in [5.74, 6) is 1.43. The molecule has 0 saturated carbocycles. The highest BCUT2D eigenvalue weighted by molar-refractivity contribution is 5.65. The molecule has 0 radical (unpaired) electrons. The van der Waals surface area contributed by atoms with Crippen LogP contribution in [0.25, 0.3) is 11.3 Å². The first-order chi connectivity index (χ1) is 7.22. The lowest BCUT2D eigenvalue weighted by atomic mass is 10.0. The number of benzene rings is 1. The van der Waals surface area contributed by atoms with E-state index >= 15 is 0 Å². The average molecular weight is 203 g/mol. The summed E-state index contributed by atoms with van der Waals surface area (Å²) in [7, 11) is 0. The lowest BCUT2D eigenvalue weighted by molar-refractivity contribution is 0.282. The quantitative estimate of drug-likeness (QED) is 0.815. The third kappa shape index (κ3) is 1.78. The number of rotatable bonds is 2. The monoisotopic (exact) mass is 203 g/mol. The van der Waals surface area contributed by atoms with Crippen LogP contribution in [0.4, 0.5) is 0 Å². The lowest BCUT2D eigenvalue weighted by Crippen LogP contribution is -1.90. The molecule has 15 heavy (non-hydrogen) atoms. The van der Waals surface area contributed by atoms with Gasteiger partial charge in [0.1, 0.15) is 11.5 Å². The maximum atomic E-state index is 9.22. The second kappa shape index (κ2) is 3.87. The molecule has 0 atom stereocenters. The van der Waals surface area contributed by atoms with E-state index in [9.17, 15) is 5.11 Å². The van der Waals surface area contributed by atoms with Gasteiger partial charge in [-0.25, -0.2) is 4.98 Å². The minimum Gasteiger partial charge on any atom is -0.446 e. The first kappa shape index (κ1) is 9.93. The van der Waals surface area contributed by atoms with Gasteiger partial charge < -0.3 is 9.52 Å². The van der Waals surface area contributed by atoms with Gasteiger partial charge in [0, 0.05) is 12.5 Å². The Morgan fingerprint density at radius 1 is 1.27 bits per heavy atom. The maximum absolute atomic E-state index is 9.22. The second-order valence-electron chi connectivity index (χ2n) is 3.45. The molecule has 0 saturated heterocycles. The number of aliphatic hydroxyl groups is 1. The van der Waals surface area contributed by atoms with Gasteiger partial charge in [-0.05, 0) is 12.5 Å². The zero-order valence-corrected chi connectivity index (χ0v) is 8.82. The third-order valence-electron chi connectivity index (χ3n) is 2.35. The van der Waals surface area contributed by atoms with Gasteiger partial charge in [-0.1, -0.05) is 24.3 Å². The molecule has 1 heterocycles. The Bertz CT molecular complexity index is 474. The van der Waals surface area contributed by atoms with Crippen LogP contribution in [-0.4, -0.2) is 10.1 Å². The molecule has 0 aliphatic carbocycles. The highest BCUT2D eigenvalue weighted by atomic mass is 16.4. The lowest BCUT2D eigenvalue weighted by Gasteiger charge is -2.03. The SMILES string of the molecule is Cc1nc(-c2ccccc2CO)c(C)o1. The fourth-order valence-electron chi connectivity index (χ4n) is 1.67. The van der Waals surface area contributed by atoms with Crippen molar-refractivity contribution in [3.8, 4) is 11.3 Å². The van der Waals surface area contributed by atoms with Crippen LogP contribution in [0.15, 0.2) is 28.7 Å². The topological polar surface area (TPSA) is 46.3 Å². The fraction of sp³-hybridized carbons (Fsp3) is 0.250. The average Bonchev–Trinajstić information content (AvgIpc) is 2.57. The number of aryl methyl sites for hydroxylation is 2. The van der Waals surface area contributed by atoms with Gasteiger partial charge in [0.15, 0.2) is 5.89 Å². The summed E-state index contributed by atoms with van der Waals surface area (Å²) in [4.78, 5) is 4.31. The van der Waals surface area contributed by atoms with E-state index in [1.165, 1.54) is 0 Å². The molecule has 0 aliphatic heterocycles. The van der Waals surface area contributed by atoms with Crippen LogP contribution < -0.4 is 0 Å². The first-order valence-electron chi connectivity index (χ1n) is 4.85. The van der Waals surface area contributed by atoms with Gasteiger partial charge in [-0.2, -0.15) is 0 Å². The molecule has 0 amide bonds. The molecule has 2 rings (SSSR count). The van der Waals surface area contributed by atoms with Gasteiger partial charge in [-0.3, -0.25) is 0 Å². The summed E-state index contributed by atoms with van der Waals surface area (Å²) < 4.78 is 5.38. The van der Waals surface area contributed by atoms with Gasteiger partial charge in [0.2, 0.25) is 0 Å². The molecule has 78 valence electrons. The summed E-state index contributed by atoms with van der Waals surface area (Å²) in [5, 5.41) is 9.22. The molecule has 0 fully saturated rings. The van der Waals surface area contributed by atoms with E-state index in [1.54, 1.807) is 0 Å². The Kier molecular flexibility index (Phi) is 2.56. The minimum atomic E-state index is 0.0154. The Balaban J connectivity index is 2.58. The second-order valence-corrected chi connectivity index (χ2v) is 3.45. The fourth-order valence-corrected chi connectivity index (χ4v) is 1.67. The zero-order valence-electron chi connectivity index (χ0n) is 8.82. The Morgan fingerprint density at radius 2 is 2.00 bits per heavy atom. The van der Waals surface area contributed by atoms with Gasteiger partial charge in [-0.15, -0.1) is 0 Å². The summed E-state index contributed by atoms with van der Waals surface area (Å²) in [5.41, 5.74) is 2.63. The molecule has 0 bridgehead atoms. The number of nitrogens with zero attached hydrogens (tertiary/aromatic N) is 1. The number of oxazole rings is 1. The van der Waals surface area contributed by atoms with Crippen molar-refractivity contribution in [2.24, 2.45) is 0 Å². The predicted molar refractivity (Wildman–Crippen MR) is 57.3 cm³/mol. The van der Waals surface area contributed by atoms with Crippen molar-refractivity contribution in [2.45, 2.75) is 20.5 Å². The van der Waals surface area contributed by atoms with E-state index < -0.39 is 0 Å². The molecule has 1 aromatic heterocycles. The van der Waals surface area contributed by atoms with E-state index in [2.05, 4.69) is 4.98 Å². The van der Waals surface area contributed by atoms with Gasteiger partial charge >= 0.3 is 0 Å². The third-order valence-corrected chi connectivity index (χ3v) is 2.35. The number of aliphatic hydroxyl groups excluding tert-OH is 1. The van der Waals surface area contributed by atoms with E-state index in [4.69, 9.17) is 4.42 Å². The highest BCUT2D eigenvalue weighted by Crippen LogP contribution is 2.26. The van der Waals surface area contributed by atoms with Crippen molar-refractivity contribution in [2.75, 3.05) is 0 Å². The Morgan fingerprint density at radius 3 is 2.60 bits per heavy atom. The molecule has 1 aromatic carbocycles. The Labute approximate surface area is 88.4 Å². The van der Waals surface area contributed by atoms with Gasteiger partial charge in [0.05, 0.1) is 6.61 Å². The number of hydrogen-bond acceptors (Lipinski definition) is 3. The smallest absolute Gasteiger partial charge is 0.191 e. The van der Waals surface area contributed by atoms with Crippen LogP contribution in [0.5, 0.6) is 0 Å². The zero-order chi connectivity index (χ0) is 10.8. The van der Waals surface area contributed by atoms with E-state index in [0.717, 1.165) is 22.6 Å². The summed E-state index contributed by atoms with van der Waals surface area (Å²) in [6.45, 7) is 3.71. The predicted octanol–water partition coefficient (Wildman–Crippen LogP) is 2.45. The first-order valence-corrected chi connectivity index (χ1v) is 4.85. The molecule has 3 nitrogen and oxygen atoms in total. The van der Waals surface area contributed by atoms with Crippen LogP contribution in [0.2, 0.25) is 0 Å². The summed E-state index contributed by atoms with van der Waals surface area (Å²) in [6.07, 6.45) is 0. The summed E-state index contributed by atoms with van der Waals surface area (Å²) >= 11 is 0. The standard InChI is InChI=1S/C12H13NO2/c1-8-12(13-9(2)15-8)11-6-4-3-5-10(11)7-14/h3-6,14H,7H2,1-2H3. The molecule has 0 aliphatic rings. The molecular formula is C12H13NO2. The van der Waals surface area contributed by atoms with Crippen molar-refractivity contribution in [3.63, 3.8) is 0 Å².